The number of imidazole rings is 1. The molecule has 0 saturated heterocycles. The van der Waals surface area contributed by atoms with Gasteiger partial charge in [0.05, 0.1) is 5.69 Å². The van der Waals surface area contributed by atoms with Crippen LogP contribution in [0.1, 0.15) is 30.7 Å². The summed E-state index contributed by atoms with van der Waals surface area (Å²) in [5, 5.41) is 3.30. The van der Waals surface area contributed by atoms with Gasteiger partial charge in [-0.2, -0.15) is 0 Å². The molecule has 0 bridgehead atoms. The molecule has 0 radical (unpaired) electrons. The molecular weight excluding hydrogens is 318 g/mol. The van der Waals surface area contributed by atoms with Gasteiger partial charge in [-0.15, -0.1) is 0 Å². The van der Waals surface area contributed by atoms with Gasteiger partial charge in [-0.1, -0.05) is 67.3 Å². The Morgan fingerprint density at radius 2 is 1.77 bits per heavy atom. The quantitative estimate of drug-likeness (QED) is 0.605. The Kier molecular flexibility index (Phi) is 5.08. The predicted octanol–water partition coefficient (Wildman–Crippen LogP) is 5.89. The summed E-state index contributed by atoms with van der Waals surface area (Å²) in [6, 6.07) is 18.9. The van der Waals surface area contributed by atoms with Gasteiger partial charge in [-0.05, 0) is 38.0 Å². The molecule has 26 heavy (non-hydrogen) atoms. The summed E-state index contributed by atoms with van der Waals surface area (Å²) in [6.45, 7) is 14.9. The van der Waals surface area contributed by atoms with Crippen molar-refractivity contribution in [3.63, 3.8) is 0 Å². The number of nitrogens with one attached hydrogen (secondary N) is 1. The van der Waals surface area contributed by atoms with Crippen molar-refractivity contribution in [3.05, 3.63) is 90.3 Å². The van der Waals surface area contributed by atoms with Crippen molar-refractivity contribution in [1.29, 1.82) is 0 Å². The highest BCUT2D eigenvalue weighted by molar-refractivity contribution is 5.75. The van der Waals surface area contributed by atoms with Crippen molar-refractivity contribution in [2.45, 2.75) is 27.3 Å². The zero-order valence-corrected chi connectivity index (χ0v) is 15.7. The van der Waals surface area contributed by atoms with E-state index in [4.69, 9.17) is 4.98 Å². The van der Waals surface area contributed by atoms with Gasteiger partial charge in [0.25, 0.3) is 0 Å². The number of allylic oxidation sites excluding steroid dienone is 2. The Labute approximate surface area is 155 Å². The van der Waals surface area contributed by atoms with E-state index in [0.29, 0.717) is 0 Å². The summed E-state index contributed by atoms with van der Waals surface area (Å²) >= 11 is 0. The molecule has 0 atom stereocenters. The summed E-state index contributed by atoms with van der Waals surface area (Å²) < 4.78 is 2.23. The summed E-state index contributed by atoms with van der Waals surface area (Å²) in [5.74, 6) is 1.73. The van der Waals surface area contributed by atoms with Crippen LogP contribution in [0, 0.1) is 6.92 Å². The Morgan fingerprint density at radius 1 is 1.04 bits per heavy atom. The fourth-order valence-corrected chi connectivity index (χ4v) is 3.10. The number of nitrogens with zero attached hydrogens (tertiary/aromatic N) is 2. The zero-order valence-electron chi connectivity index (χ0n) is 15.7. The number of anilines is 1. The Hall–Kier alpha value is -3.07. The minimum Gasteiger partial charge on any atom is -0.343 e. The lowest BCUT2D eigenvalue weighted by molar-refractivity contribution is 0.795. The first-order chi connectivity index (χ1) is 12.5. The third-order valence-corrected chi connectivity index (χ3v) is 4.16. The second kappa shape index (κ2) is 7.44. The third kappa shape index (κ3) is 3.77. The van der Waals surface area contributed by atoms with Gasteiger partial charge >= 0.3 is 0 Å². The maximum Gasteiger partial charge on any atom is 0.156 e. The molecule has 3 heteroatoms. The highest BCUT2D eigenvalue weighted by Gasteiger charge is 2.19. The van der Waals surface area contributed by atoms with Crippen LogP contribution < -0.4 is 5.32 Å². The van der Waals surface area contributed by atoms with Crippen molar-refractivity contribution in [2.24, 2.45) is 0 Å². The lowest BCUT2D eigenvalue weighted by atomic mass is 10.1. The van der Waals surface area contributed by atoms with Crippen LogP contribution in [0.25, 0.3) is 17.0 Å². The molecule has 0 unspecified atom stereocenters. The standard InChI is InChI=1S/C23H25N3/c1-16(2)21-22(24-17(3)4)25-23(20-13-9-10-18(5)14-20)26(21)15-19-11-7-6-8-12-19/h6-14,24H,1,3,15H2,2,4-5H3. The molecule has 0 amide bonds. The average Bonchev–Trinajstić information content (AvgIpc) is 2.93. The maximum absolute atomic E-state index is 4.91. The van der Waals surface area contributed by atoms with Gasteiger partial charge in [0.1, 0.15) is 5.82 Å². The van der Waals surface area contributed by atoms with Crippen LogP contribution in [0.2, 0.25) is 0 Å². The van der Waals surface area contributed by atoms with Gasteiger partial charge in [0.15, 0.2) is 5.82 Å². The van der Waals surface area contributed by atoms with E-state index in [-0.39, 0.29) is 0 Å². The van der Waals surface area contributed by atoms with Gasteiger partial charge in [-0.3, -0.25) is 0 Å². The first kappa shape index (κ1) is 17.7. The highest BCUT2D eigenvalue weighted by atomic mass is 15.2. The van der Waals surface area contributed by atoms with Crippen LogP contribution in [0.15, 0.2) is 73.5 Å². The van der Waals surface area contributed by atoms with E-state index in [2.05, 4.69) is 78.5 Å². The Bertz CT molecular complexity index is 949. The topological polar surface area (TPSA) is 29.9 Å². The molecule has 3 rings (SSSR count). The minimum absolute atomic E-state index is 0.733. The molecule has 0 saturated carbocycles. The van der Waals surface area contributed by atoms with Crippen molar-refractivity contribution in [1.82, 2.24) is 9.55 Å². The second-order valence-corrected chi connectivity index (χ2v) is 6.76. The number of hydrogen-bond acceptors (Lipinski definition) is 2. The minimum atomic E-state index is 0.733. The molecule has 0 aliphatic carbocycles. The van der Waals surface area contributed by atoms with Crippen LogP contribution in [-0.2, 0) is 6.54 Å². The van der Waals surface area contributed by atoms with E-state index in [1.54, 1.807) is 0 Å². The molecule has 132 valence electrons. The molecular formula is C23H25N3. The summed E-state index contributed by atoms with van der Waals surface area (Å²) in [7, 11) is 0. The lowest BCUT2D eigenvalue weighted by Crippen LogP contribution is -2.06. The number of hydrogen-bond donors (Lipinski definition) is 1. The SMILES string of the molecule is C=C(C)Nc1nc(-c2cccc(C)c2)n(Cc2ccccc2)c1C(=C)C. The van der Waals surface area contributed by atoms with E-state index in [1.165, 1.54) is 11.1 Å². The third-order valence-electron chi connectivity index (χ3n) is 4.16. The van der Waals surface area contributed by atoms with E-state index in [9.17, 15) is 0 Å². The molecule has 0 aliphatic rings. The summed E-state index contributed by atoms with van der Waals surface area (Å²) in [6.07, 6.45) is 0. The van der Waals surface area contributed by atoms with E-state index >= 15 is 0 Å². The van der Waals surface area contributed by atoms with Crippen molar-refractivity contribution in [3.8, 4) is 11.4 Å². The van der Waals surface area contributed by atoms with Crippen LogP contribution in [0.4, 0.5) is 5.82 Å². The molecule has 0 fully saturated rings. The van der Waals surface area contributed by atoms with E-state index in [1.807, 2.05) is 19.9 Å². The van der Waals surface area contributed by atoms with Gasteiger partial charge in [0.2, 0.25) is 0 Å². The van der Waals surface area contributed by atoms with Crippen LogP contribution in [0.3, 0.4) is 0 Å². The number of rotatable bonds is 6. The first-order valence-electron chi connectivity index (χ1n) is 8.75. The molecule has 0 spiro atoms. The monoisotopic (exact) mass is 343 g/mol. The van der Waals surface area contributed by atoms with Gasteiger partial charge in [-0.25, -0.2) is 4.98 Å². The van der Waals surface area contributed by atoms with Crippen molar-refractivity contribution < 1.29 is 0 Å². The fraction of sp³-hybridized carbons (Fsp3) is 0.174. The molecule has 1 N–H and O–H groups in total. The fourth-order valence-electron chi connectivity index (χ4n) is 3.10. The van der Waals surface area contributed by atoms with Crippen LogP contribution in [0.5, 0.6) is 0 Å². The zero-order chi connectivity index (χ0) is 18.7. The maximum atomic E-state index is 4.91. The average molecular weight is 343 g/mol. The number of aromatic nitrogens is 2. The van der Waals surface area contributed by atoms with Gasteiger partial charge < -0.3 is 9.88 Å². The molecule has 1 heterocycles. The lowest BCUT2D eigenvalue weighted by Gasteiger charge is -2.13. The van der Waals surface area contributed by atoms with E-state index in [0.717, 1.165) is 40.7 Å². The van der Waals surface area contributed by atoms with Crippen LogP contribution in [-0.4, -0.2) is 9.55 Å². The Morgan fingerprint density at radius 3 is 2.38 bits per heavy atom. The second-order valence-electron chi connectivity index (χ2n) is 6.76. The predicted molar refractivity (Wildman–Crippen MR) is 111 cm³/mol. The smallest absolute Gasteiger partial charge is 0.156 e. The molecule has 1 aromatic heterocycles. The number of aryl methyl sites for hydroxylation is 1. The molecule has 3 nitrogen and oxygen atoms in total. The van der Waals surface area contributed by atoms with Crippen LogP contribution >= 0.6 is 0 Å². The normalized spacial score (nSPS) is 10.6. The first-order valence-corrected chi connectivity index (χ1v) is 8.75. The van der Waals surface area contributed by atoms with Gasteiger partial charge in [0, 0.05) is 17.8 Å². The summed E-state index contributed by atoms with van der Waals surface area (Å²) in [4.78, 5) is 4.91. The molecule has 3 aromatic rings. The molecule has 0 aliphatic heterocycles. The highest BCUT2D eigenvalue weighted by Crippen LogP contribution is 2.31. The van der Waals surface area contributed by atoms with Crippen molar-refractivity contribution in [2.75, 3.05) is 5.32 Å². The summed E-state index contributed by atoms with van der Waals surface area (Å²) in [5.41, 5.74) is 6.36. The Balaban J connectivity index is 2.21. The molecule has 2 aromatic carbocycles. The van der Waals surface area contributed by atoms with Crippen molar-refractivity contribution >= 4 is 11.4 Å². The number of benzene rings is 2. The van der Waals surface area contributed by atoms with E-state index < -0.39 is 0 Å². The largest absolute Gasteiger partial charge is 0.343 e.